The molecule has 0 radical (unpaired) electrons. The van der Waals surface area contributed by atoms with Crippen molar-refractivity contribution in [3.8, 4) is 5.75 Å². The first-order valence-electron chi connectivity index (χ1n) is 11.1. The fourth-order valence-electron chi connectivity index (χ4n) is 5.76. The minimum Gasteiger partial charge on any atom is -0.490 e. The number of ether oxygens (including phenoxy) is 1. The van der Waals surface area contributed by atoms with E-state index in [1.54, 1.807) is 24.3 Å². The van der Waals surface area contributed by atoms with Crippen LogP contribution in [0.2, 0.25) is 0 Å². The van der Waals surface area contributed by atoms with Crippen LogP contribution >= 0.6 is 0 Å². The number of fused-ring (bicyclic) bond motifs is 2. The molecule has 3 aliphatic carbocycles. The van der Waals surface area contributed by atoms with E-state index >= 15 is 0 Å². The van der Waals surface area contributed by atoms with Gasteiger partial charge in [-0.3, -0.25) is 25.2 Å². The average Bonchev–Trinajstić information content (AvgIpc) is 3.47. The van der Waals surface area contributed by atoms with Gasteiger partial charge in [0.2, 0.25) is 5.91 Å². The Morgan fingerprint density at radius 3 is 2.10 bits per heavy atom. The molecule has 31 heavy (non-hydrogen) atoms. The van der Waals surface area contributed by atoms with E-state index in [9.17, 15) is 19.5 Å². The summed E-state index contributed by atoms with van der Waals surface area (Å²) in [5.74, 6) is -2.67. The summed E-state index contributed by atoms with van der Waals surface area (Å²) in [5.41, 5.74) is 7.51. The van der Waals surface area contributed by atoms with Gasteiger partial charge in [-0.2, -0.15) is 0 Å². The molecule has 4 rings (SSSR count). The van der Waals surface area contributed by atoms with E-state index in [2.05, 4.69) is 10.9 Å². The van der Waals surface area contributed by atoms with Gasteiger partial charge in [0.05, 0.1) is 17.9 Å². The second kappa shape index (κ2) is 8.73. The fourth-order valence-corrected chi connectivity index (χ4v) is 5.76. The standard InChI is InChI=1S/C24H30N2O5/c1-13(2)19-17-11-12-18(19)21(24(29)30)20(17)23(28)26-25-22(27)14-7-9-16(10-8-14)31-15-5-3-4-6-15/h7-10,15,17-18,20-21H,3-6,11-12H2,1-2H3,(H,25,27)(H,26,28)(H,29,30). The zero-order valence-electron chi connectivity index (χ0n) is 18.0. The van der Waals surface area contributed by atoms with E-state index in [1.165, 1.54) is 12.8 Å². The molecule has 2 bridgehead atoms. The number of hydrogen-bond donors (Lipinski definition) is 3. The second-order valence-corrected chi connectivity index (χ2v) is 9.13. The highest BCUT2D eigenvalue weighted by molar-refractivity contribution is 5.96. The Kier molecular flexibility index (Phi) is 6.03. The minimum absolute atomic E-state index is 0.0694. The molecular weight excluding hydrogens is 396 g/mol. The number of benzene rings is 1. The van der Waals surface area contributed by atoms with E-state index in [0.29, 0.717) is 5.56 Å². The number of aliphatic carboxylic acids is 1. The Balaban J connectivity index is 1.37. The van der Waals surface area contributed by atoms with Crippen molar-refractivity contribution >= 4 is 17.8 Å². The van der Waals surface area contributed by atoms with Gasteiger partial charge in [0, 0.05) is 5.56 Å². The molecule has 7 nitrogen and oxygen atoms in total. The quantitative estimate of drug-likeness (QED) is 0.494. The molecular formula is C24H30N2O5. The van der Waals surface area contributed by atoms with Crippen molar-refractivity contribution in [1.29, 1.82) is 0 Å². The molecule has 3 N–H and O–H groups in total. The number of rotatable bonds is 5. The van der Waals surface area contributed by atoms with E-state index in [1.807, 2.05) is 13.8 Å². The number of carbonyl (C=O) groups excluding carboxylic acids is 2. The summed E-state index contributed by atoms with van der Waals surface area (Å²) in [7, 11) is 0. The number of carboxylic acid groups (broad SMARTS) is 1. The number of carboxylic acids is 1. The Hall–Kier alpha value is -2.83. The predicted octanol–water partition coefficient (Wildman–Crippen LogP) is 3.46. The zero-order chi connectivity index (χ0) is 22.1. The van der Waals surface area contributed by atoms with Crippen LogP contribution in [0.25, 0.3) is 0 Å². The molecule has 4 atom stereocenters. The Labute approximate surface area is 182 Å². The molecule has 3 saturated carbocycles. The maximum Gasteiger partial charge on any atom is 0.307 e. The van der Waals surface area contributed by atoms with Gasteiger partial charge in [0.15, 0.2) is 0 Å². The molecule has 0 spiro atoms. The lowest BCUT2D eigenvalue weighted by atomic mass is 9.79. The van der Waals surface area contributed by atoms with Gasteiger partial charge in [0.1, 0.15) is 5.75 Å². The lowest BCUT2D eigenvalue weighted by Crippen LogP contribution is -2.48. The number of hydrogen-bond acceptors (Lipinski definition) is 4. The third-order valence-corrected chi connectivity index (χ3v) is 7.03. The monoisotopic (exact) mass is 426 g/mol. The topological polar surface area (TPSA) is 105 Å². The molecule has 2 amide bonds. The van der Waals surface area contributed by atoms with Crippen molar-refractivity contribution < 1.29 is 24.2 Å². The van der Waals surface area contributed by atoms with Gasteiger partial charge in [0.25, 0.3) is 5.91 Å². The highest BCUT2D eigenvalue weighted by atomic mass is 16.5. The molecule has 0 heterocycles. The SMILES string of the molecule is CC(C)=C1C2CCC1C(C(=O)NNC(=O)c1ccc(OC3CCCC3)cc1)C2C(=O)O. The van der Waals surface area contributed by atoms with Crippen LogP contribution in [-0.2, 0) is 9.59 Å². The van der Waals surface area contributed by atoms with Gasteiger partial charge in [-0.15, -0.1) is 0 Å². The van der Waals surface area contributed by atoms with Crippen LogP contribution in [0.3, 0.4) is 0 Å². The summed E-state index contributed by atoms with van der Waals surface area (Å²) in [5, 5.41) is 9.74. The molecule has 0 aromatic heterocycles. The van der Waals surface area contributed by atoms with E-state index in [0.717, 1.165) is 42.6 Å². The summed E-state index contributed by atoms with van der Waals surface area (Å²) < 4.78 is 5.91. The number of amides is 2. The van der Waals surface area contributed by atoms with Gasteiger partial charge in [-0.25, -0.2) is 0 Å². The predicted molar refractivity (Wildman–Crippen MR) is 114 cm³/mol. The maximum atomic E-state index is 12.9. The lowest BCUT2D eigenvalue weighted by molar-refractivity contribution is -0.149. The van der Waals surface area contributed by atoms with Crippen molar-refractivity contribution in [2.75, 3.05) is 0 Å². The van der Waals surface area contributed by atoms with Gasteiger partial charge in [-0.1, -0.05) is 11.1 Å². The van der Waals surface area contributed by atoms with Crippen LogP contribution in [0, 0.1) is 23.7 Å². The van der Waals surface area contributed by atoms with Gasteiger partial charge in [-0.05, 0) is 88.5 Å². The molecule has 7 heteroatoms. The molecule has 0 saturated heterocycles. The largest absolute Gasteiger partial charge is 0.490 e. The Bertz CT molecular complexity index is 897. The zero-order valence-corrected chi connectivity index (χ0v) is 18.0. The molecule has 3 fully saturated rings. The average molecular weight is 427 g/mol. The number of allylic oxidation sites excluding steroid dienone is 2. The number of nitrogens with one attached hydrogen (secondary N) is 2. The summed E-state index contributed by atoms with van der Waals surface area (Å²) in [6.07, 6.45) is 6.34. The summed E-state index contributed by atoms with van der Waals surface area (Å²) in [6.45, 7) is 3.95. The van der Waals surface area contributed by atoms with Crippen molar-refractivity contribution in [3.63, 3.8) is 0 Å². The molecule has 4 unspecified atom stereocenters. The third-order valence-electron chi connectivity index (χ3n) is 7.03. The highest BCUT2D eigenvalue weighted by Gasteiger charge is 2.57. The van der Waals surface area contributed by atoms with Crippen LogP contribution in [0.15, 0.2) is 35.4 Å². The highest BCUT2D eigenvalue weighted by Crippen LogP contribution is 2.57. The van der Waals surface area contributed by atoms with Crippen LogP contribution < -0.4 is 15.6 Å². The second-order valence-electron chi connectivity index (χ2n) is 9.13. The fraction of sp³-hybridized carbons (Fsp3) is 0.542. The van der Waals surface area contributed by atoms with Crippen molar-refractivity contribution in [2.24, 2.45) is 23.7 Å². The third kappa shape index (κ3) is 4.18. The first-order chi connectivity index (χ1) is 14.9. The normalized spacial score (nSPS) is 27.2. The Morgan fingerprint density at radius 2 is 1.52 bits per heavy atom. The first kappa shape index (κ1) is 21.4. The Morgan fingerprint density at radius 1 is 0.903 bits per heavy atom. The van der Waals surface area contributed by atoms with E-state index in [-0.39, 0.29) is 17.9 Å². The van der Waals surface area contributed by atoms with Crippen LogP contribution in [-0.4, -0.2) is 29.0 Å². The van der Waals surface area contributed by atoms with Gasteiger partial charge < -0.3 is 9.84 Å². The van der Waals surface area contributed by atoms with Crippen molar-refractivity contribution in [3.05, 3.63) is 41.0 Å². The van der Waals surface area contributed by atoms with Gasteiger partial charge >= 0.3 is 5.97 Å². The summed E-state index contributed by atoms with van der Waals surface area (Å²) in [4.78, 5) is 37.2. The van der Waals surface area contributed by atoms with E-state index in [4.69, 9.17) is 4.74 Å². The molecule has 0 aliphatic heterocycles. The van der Waals surface area contributed by atoms with Crippen molar-refractivity contribution in [2.45, 2.75) is 58.5 Å². The van der Waals surface area contributed by atoms with Crippen molar-refractivity contribution in [1.82, 2.24) is 10.9 Å². The van der Waals surface area contributed by atoms with Crippen LogP contribution in [0.4, 0.5) is 0 Å². The number of hydrazine groups is 1. The molecule has 166 valence electrons. The van der Waals surface area contributed by atoms with Crippen LogP contribution in [0.1, 0.15) is 62.7 Å². The lowest BCUT2D eigenvalue weighted by Gasteiger charge is -2.26. The smallest absolute Gasteiger partial charge is 0.307 e. The minimum atomic E-state index is -0.949. The molecule has 3 aliphatic rings. The number of carbonyl (C=O) groups is 3. The molecule has 1 aromatic rings. The summed E-state index contributed by atoms with van der Waals surface area (Å²) in [6, 6.07) is 6.83. The maximum absolute atomic E-state index is 12.9. The summed E-state index contributed by atoms with van der Waals surface area (Å²) >= 11 is 0. The molecule has 1 aromatic carbocycles. The van der Waals surface area contributed by atoms with E-state index < -0.39 is 29.6 Å². The van der Waals surface area contributed by atoms with Crippen LogP contribution in [0.5, 0.6) is 5.75 Å². The first-order valence-corrected chi connectivity index (χ1v) is 11.1.